The number of aliphatic hydroxyl groups is 1. The molecule has 68 valence electrons. The molecule has 2 aliphatic heterocycles. The Bertz CT molecular complexity index is 193. The molecule has 0 aromatic carbocycles. The van der Waals surface area contributed by atoms with Crippen molar-refractivity contribution in [1.29, 1.82) is 0 Å². The molecule has 3 heteroatoms. The average molecular weight is 169 g/mol. The van der Waals surface area contributed by atoms with E-state index in [0.717, 1.165) is 32.2 Å². The Morgan fingerprint density at radius 2 is 2.17 bits per heavy atom. The lowest BCUT2D eigenvalue weighted by Crippen LogP contribution is -2.53. The Morgan fingerprint density at radius 3 is 2.92 bits per heavy atom. The van der Waals surface area contributed by atoms with Crippen molar-refractivity contribution in [3.8, 4) is 0 Å². The number of amides is 1. The first kappa shape index (κ1) is 8.05. The summed E-state index contributed by atoms with van der Waals surface area (Å²) in [7, 11) is 0. The number of aliphatic hydroxyl groups excluding tert-OH is 1. The largest absolute Gasteiger partial charge is 0.391 e. The van der Waals surface area contributed by atoms with Gasteiger partial charge in [-0.15, -0.1) is 0 Å². The monoisotopic (exact) mass is 169 g/mol. The van der Waals surface area contributed by atoms with Gasteiger partial charge in [0.05, 0.1) is 12.1 Å². The second-order valence-electron chi connectivity index (χ2n) is 3.76. The molecule has 1 amide bonds. The van der Waals surface area contributed by atoms with E-state index >= 15 is 0 Å². The lowest BCUT2D eigenvalue weighted by atomic mass is 9.90. The van der Waals surface area contributed by atoms with Gasteiger partial charge in [0.25, 0.3) is 0 Å². The Morgan fingerprint density at radius 1 is 1.33 bits per heavy atom. The van der Waals surface area contributed by atoms with Gasteiger partial charge in [-0.25, -0.2) is 0 Å². The molecule has 0 unspecified atom stereocenters. The minimum atomic E-state index is -0.261. The summed E-state index contributed by atoms with van der Waals surface area (Å²) < 4.78 is 0. The predicted octanol–water partition coefficient (Wildman–Crippen LogP) is 0.522. The molecule has 0 radical (unpaired) electrons. The summed E-state index contributed by atoms with van der Waals surface area (Å²) in [5.74, 6) is 0.241. The van der Waals surface area contributed by atoms with Gasteiger partial charge in [-0.1, -0.05) is 0 Å². The van der Waals surface area contributed by atoms with Gasteiger partial charge in [-0.3, -0.25) is 4.79 Å². The topological polar surface area (TPSA) is 40.5 Å². The van der Waals surface area contributed by atoms with Crippen LogP contribution in [0.1, 0.15) is 32.1 Å². The van der Waals surface area contributed by atoms with Gasteiger partial charge in [0.15, 0.2) is 0 Å². The first-order valence-electron chi connectivity index (χ1n) is 4.76. The SMILES string of the molecule is O=C1CCC[C@H]2[C@H](O)CCCN12. The maximum Gasteiger partial charge on any atom is 0.222 e. The first-order valence-corrected chi connectivity index (χ1v) is 4.76. The highest BCUT2D eigenvalue weighted by atomic mass is 16.3. The molecule has 0 aromatic heterocycles. The minimum Gasteiger partial charge on any atom is -0.391 e. The zero-order chi connectivity index (χ0) is 8.55. The molecule has 2 aliphatic rings. The summed E-state index contributed by atoms with van der Waals surface area (Å²) in [4.78, 5) is 13.3. The predicted molar refractivity (Wildman–Crippen MR) is 44.6 cm³/mol. The number of hydrogen-bond acceptors (Lipinski definition) is 2. The highest BCUT2D eigenvalue weighted by molar-refractivity contribution is 5.77. The molecular weight excluding hydrogens is 154 g/mol. The van der Waals surface area contributed by atoms with Gasteiger partial charge in [-0.05, 0) is 25.7 Å². The molecule has 3 nitrogen and oxygen atoms in total. The molecule has 2 atom stereocenters. The van der Waals surface area contributed by atoms with E-state index in [1.54, 1.807) is 0 Å². The third-order valence-corrected chi connectivity index (χ3v) is 2.95. The van der Waals surface area contributed by atoms with E-state index in [1.807, 2.05) is 4.90 Å². The smallest absolute Gasteiger partial charge is 0.222 e. The van der Waals surface area contributed by atoms with Crippen LogP contribution in [0.5, 0.6) is 0 Å². The molecular formula is C9H15NO2. The lowest BCUT2D eigenvalue weighted by molar-refractivity contribution is -0.142. The molecule has 12 heavy (non-hydrogen) atoms. The van der Waals surface area contributed by atoms with Crippen molar-refractivity contribution < 1.29 is 9.90 Å². The van der Waals surface area contributed by atoms with Gasteiger partial charge in [0, 0.05) is 13.0 Å². The van der Waals surface area contributed by atoms with Crippen LogP contribution < -0.4 is 0 Å². The van der Waals surface area contributed by atoms with Crippen LogP contribution in [-0.4, -0.2) is 34.6 Å². The fourth-order valence-corrected chi connectivity index (χ4v) is 2.30. The van der Waals surface area contributed by atoms with Gasteiger partial charge in [0.1, 0.15) is 0 Å². The minimum absolute atomic E-state index is 0.139. The molecule has 2 saturated heterocycles. The summed E-state index contributed by atoms with van der Waals surface area (Å²) in [5.41, 5.74) is 0. The van der Waals surface area contributed by atoms with Crippen molar-refractivity contribution in [3.05, 3.63) is 0 Å². The first-order chi connectivity index (χ1) is 5.79. The third kappa shape index (κ3) is 1.22. The summed E-state index contributed by atoms with van der Waals surface area (Å²) in [6.07, 6.45) is 4.20. The standard InChI is InChI=1S/C9H15NO2/c11-8-4-2-6-10-7(8)3-1-5-9(10)12/h7-8,11H,1-6H2/t7-,8+/m0/s1. The van der Waals surface area contributed by atoms with E-state index in [-0.39, 0.29) is 18.1 Å². The van der Waals surface area contributed by atoms with Crippen molar-refractivity contribution in [1.82, 2.24) is 4.90 Å². The number of carbonyl (C=O) groups is 1. The molecule has 0 aromatic rings. The van der Waals surface area contributed by atoms with Crippen LogP contribution in [0.3, 0.4) is 0 Å². The zero-order valence-electron chi connectivity index (χ0n) is 7.20. The number of piperidine rings is 2. The van der Waals surface area contributed by atoms with E-state index in [2.05, 4.69) is 0 Å². The third-order valence-electron chi connectivity index (χ3n) is 2.95. The fraction of sp³-hybridized carbons (Fsp3) is 0.889. The molecule has 0 saturated carbocycles. The van der Waals surface area contributed by atoms with Gasteiger partial charge in [0.2, 0.25) is 5.91 Å². The molecule has 0 aliphatic carbocycles. The molecule has 2 fully saturated rings. The van der Waals surface area contributed by atoms with Crippen LogP contribution in [0.25, 0.3) is 0 Å². The Kier molecular flexibility index (Phi) is 2.05. The molecule has 2 heterocycles. The highest BCUT2D eigenvalue weighted by Gasteiger charge is 2.35. The second kappa shape index (κ2) is 3.05. The number of carbonyl (C=O) groups excluding carboxylic acids is 1. The zero-order valence-corrected chi connectivity index (χ0v) is 7.20. The Labute approximate surface area is 72.4 Å². The summed E-state index contributed by atoms with van der Waals surface area (Å²) in [6, 6.07) is 0.139. The lowest BCUT2D eigenvalue weighted by Gasteiger charge is -2.42. The summed E-state index contributed by atoms with van der Waals surface area (Å²) >= 11 is 0. The molecule has 0 bridgehead atoms. The van der Waals surface area contributed by atoms with Crippen molar-refractivity contribution in [2.24, 2.45) is 0 Å². The van der Waals surface area contributed by atoms with Gasteiger partial charge < -0.3 is 10.0 Å². The molecule has 2 rings (SSSR count). The van der Waals surface area contributed by atoms with Crippen molar-refractivity contribution >= 4 is 5.91 Å². The van der Waals surface area contributed by atoms with Crippen molar-refractivity contribution in [3.63, 3.8) is 0 Å². The van der Waals surface area contributed by atoms with Gasteiger partial charge in [-0.2, -0.15) is 0 Å². The quantitative estimate of drug-likeness (QED) is 0.574. The summed E-state index contributed by atoms with van der Waals surface area (Å²) in [5, 5.41) is 9.63. The average Bonchev–Trinajstić information content (AvgIpc) is 2.07. The summed E-state index contributed by atoms with van der Waals surface area (Å²) in [6.45, 7) is 0.862. The maximum absolute atomic E-state index is 11.4. The molecule has 1 N–H and O–H groups in total. The second-order valence-corrected chi connectivity index (χ2v) is 3.76. The van der Waals surface area contributed by atoms with Crippen LogP contribution in [0, 0.1) is 0 Å². The van der Waals surface area contributed by atoms with E-state index < -0.39 is 0 Å². The normalized spacial score (nSPS) is 36.4. The number of hydrogen-bond donors (Lipinski definition) is 1. The highest BCUT2D eigenvalue weighted by Crippen LogP contribution is 2.26. The van der Waals surface area contributed by atoms with Crippen molar-refractivity contribution in [2.45, 2.75) is 44.2 Å². The maximum atomic E-state index is 11.4. The Balaban J connectivity index is 2.10. The number of fused-ring (bicyclic) bond motifs is 1. The number of nitrogens with zero attached hydrogens (tertiary/aromatic N) is 1. The van der Waals surface area contributed by atoms with E-state index in [0.29, 0.717) is 6.42 Å². The van der Waals surface area contributed by atoms with Crippen LogP contribution in [0.15, 0.2) is 0 Å². The van der Waals surface area contributed by atoms with Gasteiger partial charge >= 0.3 is 0 Å². The van der Waals surface area contributed by atoms with E-state index in [9.17, 15) is 9.90 Å². The Hall–Kier alpha value is -0.570. The molecule has 0 spiro atoms. The van der Waals surface area contributed by atoms with E-state index in [1.165, 1.54) is 0 Å². The van der Waals surface area contributed by atoms with Crippen LogP contribution in [0.4, 0.5) is 0 Å². The van der Waals surface area contributed by atoms with Crippen molar-refractivity contribution in [2.75, 3.05) is 6.54 Å². The van der Waals surface area contributed by atoms with Crippen LogP contribution in [0.2, 0.25) is 0 Å². The van der Waals surface area contributed by atoms with Crippen LogP contribution >= 0.6 is 0 Å². The number of rotatable bonds is 0. The van der Waals surface area contributed by atoms with E-state index in [4.69, 9.17) is 0 Å². The fourth-order valence-electron chi connectivity index (χ4n) is 2.30. The van der Waals surface area contributed by atoms with Crippen LogP contribution in [-0.2, 0) is 4.79 Å².